The van der Waals surface area contributed by atoms with Crippen LogP contribution in [0.5, 0.6) is 5.75 Å². The molecular formula is C19H31N3O2. The molecule has 0 radical (unpaired) electrons. The van der Waals surface area contributed by atoms with Crippen LogP contribution in [-0.2, 0) is 11.3 Å². The van der Waals surface area contributed by atoms with Crippen molar-refractivity contribution in [2.45, 2.75) is 52.2 Å². The SMILES string of the molecule is COc1ccc([C@H](C)NCC(=O)NC(C)C)cc1CN1CCCC1. The number of benzene rings is 1. The van der Waals surface area contributed by atoms with Gasteiger partial charge in [-0.25, -0.2) is 0 Å². The lowest BCUT2D eigenvalue weighted by molar-refractivity contribution is -0.120. The summed E-state index contributed by atoms with van der Waals surface area (Å²) in [6.45, 7) is 9.60. The van der Waals surface area contributed by atoms with Crippen LogP contribution in [0.4, 0.5) is 0 Å². The number of hydrogen-bond acceptors (Lipinski definition) is 4. The number of carbonyl (C=O) groups excluding carboxylic acids is 1. The van der Waals surface area contributed by atoms with E-state index in [9.17, 15) is 4.79 Å². The minimum atomic E-state index is 0.0302. The molecule has 0 spiro atoms. The van der Waals surface area contributed by atoms with Crippen molar-refractivity contribution in [2.75, 3.05) is 26.7 Å². The van der Waals surface area contributed by atoms with Gasteiger partial charge in [-0.05, 0) is 64.4 Å². The number of methoxy groups -OCH3 is 1. The van der Waals surface area contributed by atoms with Gasteiger partial charge < -0.3 is 15.4 Å². The first-order valence-electron chi connectivity index (χ1n) is 8.91. The summed E-state index contributed by atoms with van der Waals surface area (Å²) in [6, 6.07) is 6.60. The number of amides is 1. The number of rotatable bonds is 8. The number of nitrogens with one attached hydrogen (secondary N) is 2. The summed E-state index contributed by atoms with van der Waals surface area (Å²) in [7, 11) is 1.72. The van der Waals surface area contributed by atoms with E-state index >= 15 is 0 Å². The molecule has 0 aliphatic carbocycles. The van der Waals surface area contributed by atoms with Gasteiger partial charge in [0, 0.05) is 24.2 Å². The molecule has 0 unspecified atom stereocenters. The fourth-order valence-corrected chi connectivity index (χ4v) is 3.11. The highest BCUT2D eigenvalue weighted by Gasteiger charge is 2.16. The standard InChI is InChI=1S/C19H31N3O2/c1-14(2)21-19(23)12-20-15(3)16-7-8-18(24-4)17(11-16)13-22-9-5-6-10-22/h7-8,11,14-15,20H,5-6,9-10,12-13H2,1-4H3,(H,21,23)/t15-/m0/s1. The average Bonchev–Trinajstić information content (AvgIpc) is 3.05. The summed E-state index contributed by atoms with van der Waals surface area (Å²) in [6.07, 6.45) is 2.57. The fraction of sp³-hybridized carbons (Fsp3) is 0.632. The molecule has 2 rings (SSSR count). The summed E-state index contributed by atoms with van der Waals surface area (Å²) in [5.41, 5.74) is 2.40. The zero-order valence-corrected chi connectivity index (χ0v) is 15.4. The molecule has 0 saturated carbocycles. The van der Waals surface area contributed by atoms with E-state index in [-0.39, 0.29) is 18.0 Å². The Kier molecular flexibility index (Phi) is 7.06. The molecule has 24 heavy (non-hydrogen) atoms. The van der Waals surface area contributed by atoms with Crippen LogP contribution in [0.2, 0.25) is 0 Å². The zero-order valence-electron chi connectivity index (χ0n) is 15.4. The molecule has 1 aromatic rings. The molecule has 5 heteroatoms. The number of carbonyl (C=O) groups is 1. The molecule has 1 aliphatic rings. The Labute approximate surface area is 145 Å². The summed E-state index contributed by atoms with van der Waals surface area (Å²) >= 11 is 0. The van der Waals surface area contributed by atoms with Gasteiger partial charge in [-0.3, -0.25) is 9.69 Å². The van der Waals surface area contributed by atoms with Gasteiger partial charge in [0.2, 0.25) is 5.91 Å². The third kappa shape index (κ3) is 5.49. The van der Waals surface area contributed by atoms with Gasteiger partial charge in [-0.15, -0.1) is 0 Å². The Balaban J connectivity index is 1.99. The summed E-state index contributed by atoms with van der Waals surface area (Å²) < 4.78 is 5.52. The molecule has 1 heterocycles. The van der Waals surface area contributed by atoms with Crippen LogP contribution in [0.25, 0.3) is 0 Å². The van der Waals surface area contributed by atoms with Crippen LogP contribution >= 0.6 is 0 Å². The number of ether oxygens (including phenoxy) is 1. The molecule has 5 nitrogen and oxygen atoms in total. The van der Waals surface area contributed by atoms with Crippen LogP contribution in [0.3, 0.4) is 0 Å². The van der Waals surface area contributed by atoms with Gasteiger partial charge in [0.15, 0.2) is 0 Å². The van der Waals surface area contributed by atoms with Crippen molar-refractivity contribution < 1.29 is 9.53 Å². The van der Waals surface area contributed by atoms with Crippen molar-refractivity contribution in [3.05, 3.63) is 29.3 Å². The van der Waals surface area contributed by atoms with E-state index in [1.165, 1.54) is 24.0 Å². The van der Waals surface area contributed by atoms with E-state index in [0.717, 1.165) is 25.4 Å². The van der Waals surface area contributed by atoms with Crippen molar-refractivity contribution in [2.24, 2.45) is 0 Å². The van der Waals surface area contributed by atoms with Crippen molar-refractivity contribution in [1.29, 1.82) is 0 Å². The molecule has 1 atom stereocenters. The second-order valence-corrected chi connectivity index (χ2v) is 6.88. The fourth-order valence-electron chi connectivity index (χ4n) is 3.11. The van der Waals surface area contributed by atoms with Crippen molar-refractivity contribution in [1.82, 2.24) is 15.5 Å². The van der Waals surface area contributed by atoms with Gasteiger partial charge in [0.25, 0.3) is 0 Å². The minimum absolute atomic E-state index is 0.0302. The number of hydrogen-bond donors (Lipinski definition) is 2. The van der Waals surface area contributed by atoms with Crippen LogP contribution in [0.1, 0.15) is 50.8 Å². The maximum atomic E-state index is 11.8. The zero-order chi connectivity index (χ0) is 17.5. The Morgan fingerprint density at radius 1 is 1.25 bits per heavy atom. The first-order valence-corrected chi connectivity index (χ1v) is 8.91. The maximum Gasteiger partial charge on any atom is 0.234 e. The molecule has 134 valence electrons. The molecule has 1 aliphatic heterocycles. The van der Waals surface area contributed by atoms with E-state index in [0.29, 0.717) is 6.54 Å². The molecule has 1 amide bonds. The minimum Gasteiger partial charge on any atom is -0.496 e. The molecular weight excluding hydrogens is 302 g/mol. The van der Waals surface area contributed by atoms with E-state index in [2.05, 4.69) is 34.6 Å². The topological polar surface area (TPSA) is 53.6 Å². The highest BCUT2D eigenvalue weighted by Crippen LogP contribution is 2.26. The summed E-state index contributed by atoms with van der Waals surface area (Å²) in [5, 5.41) is 6.20. The Morgan fingerprint density at radius 3 is 2.58 bits per heavy atom. The van der Waals surface area contributed by atoms with E-state index in [4.69, 9.17) is 4.74 Å². The molecule has 0 bridgehead atoms. The van der Waals surface area contributed by atoms with Gasteiger partial charge in [0.1, 0.15) is 5.75 Å². The van der Waals surface area contributed by atoms with Gasteiger partial charge in [-0.1, -0.05) is 6.07 Å². The highest BCUT2D eigenvalue weighted by molar-refractivity contribution is 5.78. The van der Waals surface area contributed by atoms with Gasteiger partial charge in [0.05, 0.1) is 13.7 Å². The van der Waals surface area contributed by atoms with Crippen molar-refractivity contribution >= 4 is 5.91 Å². The summed E-state index contributed by atoms with van der Waals surface area (Å²) in [4.78, 5) is 14.3. The maximum absolute atomic E-state index is 11.8. The second kappa shape index (κ2) is 9.04. The molecule has 0 aromatic heterocycles. The van der Waals surface area contributed by atoms with Crippen molar-refractivity contribution in [3.63, 3.8) is 0 Å². The quantitative estimate of drug-likeness (QED) is 0.767. The Morgan fingerprint density at radius 2 is 1.96 bits per heavy atom. The Hall–Kier alpha value is -1.59. The van der Waals surface area contributed by atoms with Crippen LogP contribution in [0.15, 0.2) is 18.2 Å². The third-order valence-corrected chi connectivity index (χ3v) is 4.42. The lowest BCUT2D eigenvalue weighted by Gasteiger charge is -2.20. The third-order valence-electron chi connectivity index (χ3n) is 4.42. The molecule has 1 aromatic carbocycles. The first-order chi connectivity index (χ1) is 11.5. The smallest absolute Gasteiger partial charge is 0.234 e. The number of nitrogens with zero attached hydrogens (tertiary/aromatic N) is 1. The van der Waals surface area contributed by atoms with Crippen LogP contribution in [0, 0.1) is 0 Å². The number of likely N-dealkylation sites (tertiary alicyclic amines) is 1. The largest absolute Gasteiger partial charge is 0.496 e. The van der Waals surface area contributed by atoms with Gasteiger partial charge in [-0.2, -0.15) is 0 Å². The second-order valence-electron chi connectivity index (χ2n) is 6.88. The van der Waals surface area contributed by atoms with Gasteiger partial charge >= 0.3 is 0 Å². The lowest BCUT2D eigenvalue weighted by atomic mass is 10.0. The molecule has 1 fully saturated rings. The normalized spacial score (nSPS) is 16.4. The first kappa shape index (κ1) is 18.7. The van der Waals surface area contributed by atoms with E-state index < -0.39 is 0 Å². The predicted octanol–water partition coefficient (Wildman–Crippen LogP) is 2.47. The Bertz CT molecular complexity index is 539. The molecule has 1 saturated heterocycles. The van der Waals surface area contributed by atoms with Crippen LogP contribution in [-0.4, -0.2) is 43.6 Å². The monoisotopic (exact) mass is 333 g/mol. The van der Waals surface area contributed by atoms with Crippen LogP contribution < -0.4 is 15.4 Å². The van der Waals surface area contributed by atoms with E-state index in [1.54, 1.807) is 7.11 Å². The predicted molar refractivity (Wildman–Crippen MR) is 97.2 cm³/mol. The van der Waals surface area contributed by atoms with Crippen molar-refractivity contribution in [3.8, 4) is 5.75 Å². The summed E-state index contributed by atoms with van der Waals surface area (Å²) in [5.74, 6) is 0.970. The lowest BCUT2D eigenvalue weighted by Crippen LogP contribution is -2.38. The van der Waals surface area contributed by atoms with E-state index in [1.807, 2.05) is 19.9 Å². The highest BCUT2D eigenvalue weighted by atomic mass is 16.5. The average molecular weight is 333 g/mol. The molecule has 2 N–H and O–H groups in total.